The molecule has 1 aromatic heterocycles. The number of ether oxygens (including phenoxy) is 1. The van der Waals surface area contributed by atoms with Crippen molar-refractivity contribution in [3.05, 3.63) is 95.8 Å². The smallest absolute Gasteiger partial charge is 0.410 e. The summed E-state index contributed by atoms with van der Waals surface area (Å²) in [5.74, 6) is -0.314. The van der Waals surface area contributed by atoms with Crippen LogP contribution in [0.15, 0.2) is 84.0 Å². The number of carbonyl (C=O) groups is 3. The predicted molar refractivity (Wildman–Crippen MR) is 164 cm³/mol. The van der Waals surface area contributed by atoms with Gasteiger partial charge in [0.2, 0.25) is 11.8 Å². The summed E-state index contributed by atoms with van der Waals surface area (Å²) in [5.41, 5.74) is 2.74. The SMILES string of the molecule is CC(C)(C)/N=C1\SC(c2ccc(NC(=O)[C@@H]3CCCN3C(=O)OCc3ccccc3)cc2)C(=O)N1Cc1ccccn1. The maximum Gasteiger partial charge on any atom is 0.410 e. The molecule has 2 fully saturated rings. The monoisotopic (exact) mass is 585 g/mol. The largest absolute Gasteiger partial charge is 0.445 e. The third-order valence-electron chi connectivity index (χ3n) is 6.90. The number of nitrogens with zero attached hydrogens (tertiary/aromatic N) is 4. The fraction of sp³-hybridized carbons (Fsp3) is 0.344. The number of aliphatic imine (C=N–C) groups is 1. The lowest BCUT2D eigenvalue weighted by molar-refractivity contribution is -0.126. The molecule has 0 radical (unpaired) electrons. The summed E-state index contributed by atoms with van der Waals surface area (Å²) in [6.07, 6.45) is 2.52. The van der Waals surface area contributed by atoms with Gasteiger partial charge in [-0.25, -0.2) is 4.79 Å². The molecule has 9 nitrogen and oxygen atoms in total. The van der Waals surface area contributed by atoms with E-state index in [9.17, 15) is 14.4 Å². The molecule has 3 amide bonds. The Balaban J connectivity index is 1.23. The van der Waals surface area contributed by atoms with Gasteiger partial charge in [-0.3, -0.25) is 29.4 Å². The van der Waals surface area contributed by atoms with E-state index in [2.05, 4.69) is 10.3 Å². The minimum atomic E-state index is -0.601. The number of likely N-dealkylation sites (tertiary alicyclic amines) is 1. The molecule has 0 bridgehead atoms. The molecule has 5 rings (SSSR count). The van der Waals surface area contributed by atoms with Crippen LogP contribution in [0.2, 0.25) is 0 Å². The summed E-state index contributed by atoms with van der Waals surface area (Å²) >= 11 is 1.43. The van der Waals surface area contributed by atoms with Gasteiger partial charge in [0, 0.05) is 18.4 Å². The fourth-order valence-electron chi connectivity index (χ4n) is 4.87. The molecule has 42 heavy (non-hydrogen) atoms. The molecule has 2 aliphatic rings. The number of aromatic nitrogens is 1. The third-order valence-corrected chi connectivity index (χ3v) is 8.13. The molecular weight excluding hydrogens is 550 g/mol. The van der Waals surface area contributed by atoms with Crippen LogP contribution in [0, 0.1) is 0 Å². The highest BCUT2D eigenvalue weighted by molar-refractivity contribution is 8.15. The number of carbonyl (C=O) groups excluding carboxylic acids is 3. The zero-order chi connectivity index (χ0) is 29.7. The lowest BCUT2D eigenvalue weighted by atomic mass is 10.1. The molecule has 218 valence electrons. The Kier molecular flexibility index (Phi) is 8.91. The van der Waals surface area contributed by atoms with Gasteiger partial charge in [-0.05, 0) is 69.0 Å². The normalized spacial score (nSPS) is 19.8. The van der Waals surface area contributed by atoms with Crippen LogP contribution in [-0.2, 0) is 27.5 Å². The summed E-state index contributed by atoms with van der Waals surface area (Å²) in [4.78, 5) is 51.8. The summed E-state index contributed by atoms with van der Waals surface area (Å²) in [6.45, 7) is 6.98. The molecule has 3 heterocycles. The van der Waals surface area contributed by atoms with Crippen molar-refractivity contribution in [2.75, 3.05) is 11.9 Å². The van der Waals surface area contributed by atoms with E-state index in [1.807, 2.05) is 81.4 Å². The number of hydrogen-bond donors (Lipinski definition) is 1. The number of anilines is 1. The maximum absolute atomic E-state index is 13.6. The van der Waals surface area contributed by atoms with E-state index in [-0.39, 0.29) is 24.0 Å². The highest BCUT2D eigenvalue weighted by Gasteiger charge is 2.40. The highest BCUT2D eigenvalue weighted by atomic mass is 32.2. The first-order valence-electron chi connectivity index (χ1n) is 14.0. The summed E-state index contributed by atoms with van der Waals surface area (Å²) < 4.78 is 5.47. The van der Waals surface area contributed by atoms with Gasteiger partial charge in [0.1, 0.15) is 17.9 Å². The van der Waals surface area contributed by atoms with Crippen molar-refractivity contribution in [3.63, 3.8) is 0 Å². The average molecular weight is 586 g/mol. The number of amidine groups is 1. The van der Waals surface area contributed by atoms with Crippen LogP contribution in [-0.4, -0.2) is 56.0 Å². The van der Waals surface area contributed by atoms with Crippen molar-refractivity contribution in [2.24, 2.45) is 4.99 Å². The Labute approximate surface area is 250 Å². The number of rotatable bonds is 7. The quantitative estimate of drug-likeness (QED) is 0.376. The van der Waals surface area contributed by atoms with Crippen LogP contribution in [0.1, 0.15) is 55.7 Å². The van der Waals surface area contributed by atoms with E-state index >= 15 is 0 Å². The molecule has 1 unspecified atom stereocenters. The van der Waals surface area contributed by atoms with Gasteiger partial charge in [-0.2, -0.15) is 0 Å². The summed E-state index contributed by atoms with van der Waals surface area (Å²) in [6, 6.07) is 21.8. The summed E-state index contributed by atoms with van der Waals surface area (Å²) in [7, 11) is 0. The number of thioether (sulfide) groups is 1. The van der Waals surface area contributed by atoms with Gasteiger partial charge in [-0.1, -0.05) is 60.3 Å². The molecule has 0 aliphatic carbocycles. The van der Waals surface area contributed by atoms with Crippen LogP contribution in [0.4, 0.5) is 10.5 Å². The zero-order valence-corrected chi connectivity index (χ0v) is 24.8. The molecule has 2 saturated heterocycles. The first kappa shape index (κ1) is 29.3. The molecular formula is C32H35N5O4S. The van der Waals surface area contributed by atoms with Crippen molar-refractivity contribution in [3.8, 4) is 0 Å². The Bertz CT molecular complexity index is 1440. The van der Waals surface area contributed by atoms with E-state index in [0.29, 0.717) is 30.4 Å². The van der Waals surface area contributed by atoms with Crippen LogP contribution >= 0.6 is 11.8 Å². The molecule has 1 N–H and O–H groups in total. The number of pyridine rings is 1. The molecule has 2 atom stereocenters. The number of benzene rings is 2. The maximum atomic E-state index is 13.6. The zero-order valence-electron chi connectivity index (χ0n) is 24.0. The lowest BCUT2D eigenvalue weighted by Gasteiger charge is -2.23. The van der Waals surface area contributed by atoms with E-state index in [0.717, 1.165) is 23.2 Å². The first-order chi connectivity index (χ1) is 20.2. The lowest BCUT2D eigenvalue weighted by Crippen LogP contribution is -2.43. The second-order valence-electron chi connectivity index (χ2n) is 11.3. The average Bonchev–Trinajstić information content (AvgIpc) is 3.58. The molecule has 2 aliphatic heterocycles. The molecule has 0 spiro atoms. The van der Waals surface area contributed by atoms with Crippen LogP contribution in [0.5, 0.6) is 0 Å². The van der Waals surface area contributed by atoms with Crippen molar-refractivity contribution >= 4 is 40.5 Å². The second kappa shape index (κ2) is 12.8. The molecule has 10 heteroatoms. The van der Waals surface area contributed by atoms with E-state index < -0.39 is 17.4 Å². The standard InChI is InChI=1S/C32H35N5O4S/c1-32(2,3)35-30-37(20-25-12-7-8-18-33-25)29(39)27(42-30)23-14-16-24(17-15-23)34-28(38)26-13-9-19-36(26)31(40)41-21-22-10-5-4-6-11-22/h4-8,10-12,14-18,26-27H,9,13,19-21H2,1-3H3,(H,34,38)/b35-30-/t26-,27?/m0/s1. The second-order valence-corrected chi connectivity index (χ2v) is 12.4. The van der Waals surface area contributed by atoms with Crippen molar-refractivity contribution in [1.82, 2.24) is 14.8 Å². The van der Waals surface area contributed by atoms with Crippen LogP contribution in [0.25, 0.3) is 0 Å². The first-order valence-corrected chi connectivity index (χ1v) is 14.9. The molecule has 0 saturated carbocycles. The van der Waals surface area contributed by atoms with Crippen molar-refractivity contribution in [1.29, 1.82) is 0 Å². The predicted octanol–water partition coefficient (Wildman–Crippen LogP) is 5.79. The van der Waals surface area contributed by atoms with Crippen molar-refractivity contribution < 1.29 is 19.1 Å². The minimum Gasteiger partial charge on any atom is -0.445 e. The Morgan fingerprint density at radius 1 is 1.05 bits per heavy atom. The van der Waals surface area contributed by atoms with E-state index in [1.165, 1.54) is 16.7 Å². The number of amides is 3. The molecule has 2 aromatic carbocycles. The summed E-state index contributed by atoms with van der Waals surface area (Å²) in [5, 5.41) is 3.14. The number of nitrogens with one attached hydrogen (secondary N) is 1. The third kappa shape index (κ3) is 7.17. The van der Waals surface area contributed by atoms with E-state index in [1.54, 1.807) is 23.2 Å². The van der Waals surface area contributed by atoms with Crippen LogP contribution < -0.4 is 5.32 Å². The van der Waals surface area contributed by atoms with Gasteiger partial charge < -0.3 is 10.1 Å². The van der Waals surface area contributed by atoms with E-state index in [4.69, 9.17) is 9.73 Å². The fourth-order valence-corrected chi connectivity index (χ4v) is 6.21. The van der Waals surface area contributed by atoms with Gasteiger partial charge >= 0.3 is 6.09 Å². The van der Waals surface area contributed by atoms with Crippen molar-refractivity contribution in [2.45, 2.75) is 63.6 Å². The van der Waals surface area contributed by atoms with Crippen LogP contribution in [0.3, 0.4) is 0 Å². The minimum absolute atomic E-state index is 0.0546. The molecule has 3 aromatic rings. The topological polar surface area (TPSA) is 104 Å². The highest BCUT2D eigenvalue weighted by Crippen LogP contribution is 2.41. The van der Waals surface area contributed by atoms with Gasteiger partial charge in [-0.15, -0.1) is 0 Å². The Morgan fingerprint density at radius 3 is 2.48 bits per heavy atom. The van der Waals surface area contributed by atoms with Gasteiger partial charge in [0.15, 0.2) is 5.17 Å². The van der Waals surface area contributed by atoms with Gasteiger partial charge in [0.25, 0.3) is 0 Å². The Hall–Kier alpha value is -4.18. The number of hydrogen-bond acceptors (Lipinski definition) is 7. The van der Waals surface area contributed by atoms with Gasteiger partial charge in [0.05, 0.1) is 17.8 Å². The Morgan fingerprint density at radius 2 is 1.79 bits per heavy atom.